The zero-order chi connectivity index (χ0) is 28.4. The fourth-order valence-electron chi connectivity index (χ4n) is 2.33. The summed E-state index contributed by atoms with van der Waals surface area (Å²) in [5.74, 6) is -42.8. The molecule has 0 aliphatic carbocycles. The van der Waals surface area contributed by atoms with Crippen molar-refractivity contribution in [3.05, 3.63) is 34.9 Å². The van der Waals surface area contributed by atoms with Crippen LogP contribution in [0.3, 0.4) is 0 Å². The molecule has 0 fully saturated rings. The van der Waals surface area contributed by atoms with Crippen molar-refractivity contribution in [2.45, 2.75) is 51.6 Å². The lowest BCUT2D eigenvalue weighted by atomic mass is 9.89. The molecule has 1 rings (SSSR count). The Balaban J connectivity index is 3.85. The lowest BCUT2D eigenvalue weighted by molar-refractivity contribution is -0.400. The van der Waals surface area contributed by atoms with Gasteiger partial charge in [0.1, 0.15) is 0 Å². The van der Waals surface area contributed by atoms with Crippen molar-refractivity contribution in [3.63, 3.8) is 0 Å². The predicted molar refractivity (Wildman–Crippen MR) is 86.7 cm³/mol. The topological polar surface area (TPSA) is 0 Å². The molecule has 0 spiro atoms. The molecule has 35 heavy (non-hydrogen) atoms. The second kappa shape index (κ2) is 8.75. The molecule has 1 aromatic carbocycles. The molecule has 20 heteroatoms. The third kappa shape index (κ3) is 4.69. The summed E-state index contributed by atoms with van der Waals surface area (Å²) in [4.78, 5) is 0. The van der Waals surface area contributed by atoms with Gasteiger partial charge in [0.2, 0.25) is 0 Å². The van der Waals surface area contributed by atoms with Crippen LogP contribution >= 0.6 is 31.9 Å². The summed E-state index contributed by atoms with van der Waals surface area (Å²) in [5, 5.41) is 0. The molecule has 0 radical (unpaired) electrons. The molecule has 0 amide bonds. The van der Waals surface area contributed by atoms with Crippen LogP contribution in [0.1, 0.15) is 20.4 Å². The maximum Gasteiger partial charge on any atom is 0.460 e. The highest BCUT2D eigenvalue weighted by Crippen LogP contribution is 2.60. The second-order valence-electron chi connectivity index (χ2n) is 6.54. The first-order valence-corrected chi connectivity index (χ1v) is 9.70. The SMILES string of the molecule is FC(F)(F)C(F)(F)C(F)(F)C(F)(F)c1ccc(C(F)(F)C(F)(F)C(F)(F)C(F)(F)F)c(C(Br)Br)c1. The molecule has 204 valence electrons. The van der Waals surface area contributed by atoms with Crippen molar-refractivity contribution in [2.24, 2.45) is 0 Å². The molecule has 0 atom stereocenters. The van der Waals surface area contributed by atoms with Crippen LogP contribution in [-0.2, 0) is 11.8 Å². The predicted octanol–water partition coefficient (Wildman–Crippen LogP) is 9.32. The van der Waals surface area contributed by atoms with Crippen LogP contribution < -0.4 is 0 Å². The highest BCUT2D eigenvalue weighted by molar-refractivity contribution is 9.24. The van der Waals surface area contributed by atoms with Crippen molar-refractivity contribution in [3.8, 4) is 0 Å². The second-order valence-corrected chi connectivity index (χ2v) is 9.60. The lowest BCUT2D eigenvalue weighted by Gasteiger charge is -2.36. The number of hydrogen-bond donors (Lipinski definition) is 0. The van der Waals surface area contributed by atoms with Gasteiger partial charge in [-0.15, -0.1) is 0 Å². The fourth-order valence-corrected chi connectivity index (χ4v) is 3.08. The van der Waals surface area contributed by atoms with Gasteiger partial charge in [0, 0.05) is 11.1 Å². The van der Waals surface area contributed by atoms with Crippen LogP contribution in [0, 0.1) is 0 Å². The number of hydrogen-bond acceptors (Lipinski definition) is 0. The molecule has 0 aliphatic rings. The minimum atomic E-state index is -7.46. The van der Waals surface area contributed by atoms with Crippen LogP contribution in [0.4, 0.5) is 79.0 Å². The summed E-state index contributed by atoms with van der Waals surface area (Å²) in [6.45, 7) is 0. The maximum absolute atomic E-state index is 14.2. The molecular formula is C15H4Br2F18. The van der Waals surface area contributed by atoms with Gasteiger partial charge >= 0.3 is 47.9 Å². The molecule has 0 aliphatic heterocycles. The summed E-state index contributed by atoms with van der Waals surface area (Å²) in [6, 6.07) is -2.48. The summed E-state index contributed by atoms with van der Waals surface area (Å²) < 4.78 is 235. The van der Waals surface area contributed by atoms with Gasteiger partial charge in [-0.3, -0.25) is 0 Å². The molecule has 0 aromatic heterocycles. The first kappa shape index (κ1) is 31.9. The Kier molecular flexibility index (Phi) is 7.99. The Hall–Kier alpha value is -1.08. The smallest absolute Gasteiger partial charge is 0.194 e. The first-order chi connectivity index (χ1) is 15.0. The number of rotatable bonds is 7. The van der Waals surface area contributed by atoms with Crippen molar-refractivity contribution in [1.29, 1.82) is 0 Å². The van der Waals surface area contributed by atoms with E-state index in [1.165, 1.54) is 0 Å². The molecule has 0 saturated carbocycles. The molecule has 0 nitrogen and oxygen atoms in total. The Morgan fingerprint density at radius 2 is 0.829 bits per heavy atom. The van der Waals surface area contributed by atoms with E-state index in [0.717, 1.165) is 0 Å². The van der Waals surface area contributed by atoms with Crippen molar-refractivity contribution >= 4 is 31.9 Å². The lowest BCUT2D eigenvalue weighted by Crippen LogP contribution is -2.60. The van der Waals surface area contributed by atoms with Crippen molar-refractivity contribution in [2.75, 3.05) is 0 Å². The minimum Gasteiger partial charge on any atom is -0.194 e. The molecule has 0 saturated heterocycles. The van der Waals surface area contributed by atoms with E-state index in [4.69, 9.17) is 0 Å². The Morgan fingerprint density at radius 1 is 0.486 bits per heavy atom. The van der Waals surface area contributed by atoms with E-state index in [2.05, 4.69) is 31.9 Å². The van der Waals surface area contributed by atoms with Crippen LogP contribution in [0.2, 0.25) is 0 Å². The molecule has 1 aromatic rings. The van der Waals surface area contributed by atoms with Gasteiger partial charge in [-0.2, -0.15) is 79.0 Å². The van der Waals surface area contributed by atoms with Gasteiger partial charge in [-0.1, -0.05) is 44.0 Å². The van der Waals surface area contributed by atoms with Gasteiger partial charge in [0.25, 0.3) is 0 Å². The summed E-state index contributed by atoms with van der Waals surface area (Å²) in [7, 11) is 0. The average molecular weight is 686 g/mol. The zero-order valence-corrected chi connectivity index (χ0v) is 18.5. The fraction of sp³-hybridized carbons (Fsp3) is 0.600. The van der Waals surface area contributed by atoms with E-state index in [1.807, 2.05) is 0 Å². The number of benzene rings is 1. The quantitative estimate of drug-likeness (QED) is 0.198. The van der Waals surface area contributed by atoms with Gasteiger partial charge in [-0.05, 0) is 11.6 Å². The third-order valence-corrected chi connectivity index (χ3v) is 5.26. The maximum atomic E-state index is 14.2. The van der Waals surface area contributed by atoms with Gasteiger partial charge in [-0.25, -0.2) is 0 Å². The summed E-state index contributed by atoms with van der Waals surface area (Å²) in [5.41, 5.74) is -7.19. The Labute approximate surface area is 197 Å². The molecule has 0 N–H and O–H groups in total. The van der Waals surface area contributed by atoms with E-state index in [9.17, 15) is 79.0 Å². The number of alkyl halides is 20. The van der Waals surface area contributed by atoms with Crippen molar-refractivity contribution < 1.29 is 79.0 Å². The Bertz CT molecular complexity index is 927. The van der Waals surface area contributed by atoms with E-state index < -0.39 is 86.5 Å². The highest BCUT2D eigenvalue weighted by Gasteiger charge is 2.83. The van der Waals surface area contributed by atoms with E-state index in [0.29, 0.717) is 0 Å². The van der Waals surface area contributed by atoms with E-state index in [1.54, 1.807) is 0 Å². The number of halogens is 20. The normalized spacial score (nSPS) is 15.7. The van der Waals surface area contributed by atoms with Crippen LogP contribution in [-0.4, -0.2) is 36.0 Å². The van der Waals surface area contributed by atoms with Crippen molar-refractivity contribution in [1.82, 2.24) is 0 Å². The van der Waals surface area contributed by atoms with Crippen LogP contribution in [0.25, 0.3) is 0 Å². The van der Waals surface area contributed by atoms with Crippen LogP contribution in [0.5, 0.6) is 0 Å². The molecule has 0 unspecified atom stereocenters. The van der Waals surface area contributed by atoms with E-state index in [-0.39, 0.29) is 0 Å². The Morgan fingerprint density at radius 3 is 1.14 bits per heavy atom. The summed E-state index contributed by atoms with van der Waals surface area (Å²) >= 11 is 4.35. The van der Waals surface area contributed by atoms with Crippen LogP contribution in [0.15, 0.2) is 18.2 Å². The average Bonchev–Trinajstić information content (AvgIpc) is 2.64. The van der Waals surface area contributed by atoms with E-state index >= 15 is 0 Å². The van der Waals surface area contributed by atoms with Gasteiger partial charge < -0.3 is 0 Å². The molecule has 0 bridgehead atoms. The standard InChI is InChI=1S/C15H4Br2F18/c16-7(17)5-3-4(8(18,19)10(22,23)12(26,27)14(30,31)32)1-2-6(5)9(20,21)11(24,25)13(28,29)15(33,34)35/h1-3,7H. The zero-order valence-electron chi connectivity index (χ0n) is 15.4. The monoisotopic (exact) mass is 684 g/mol. The molecular weight excluding hydrogens is 682 g/mol. The highest BCUT2D eigenvalue weighted by atomic mass is 79.9. The van der Waals surface area contributed by atoms with Gasteiger partial charge in [0.05, 0.1) is 3.74 Å². The summed E-state index contributed by atoms with van der Waals surface area (Å²) in [6.07, 6.45) is -14.6. The largest absolute Gasteiger partial charge is 0.460 e. The molecule has 0 heterocycles. The third-order valence-electron chi connectivity index (χ3n) is 4.28. The minimum absolute atomic E-state index is 0.792. The van der Waals surface area contributed by atoms with Gasteiger partial charge in [0.15, 0.2) is 0 Å². The first-order valence-electron chi connectivity index (χ1n) is 7.86.